The number of hydrogen-bond donors (Lipinski definition) is 1. The van der Waals surface area contributed by atoms with Crippen LogP contribution in [0.2, 0.25) is 0 Å². The van der Waals surface area contributed by atoms with Crippen LogP contribution in [0.3, 0.4) is 0 Å². The minimum absolute atomic E-state index is 0.0589. The molecule has 5 heteroatoms. The lowest BCUT2D eigenvalue weighted by molar-refractivity contribution is -0.115. The van der Waals surface area contributed by atoms with Crippen LogP contribution in [0.4, 0.5) is 5.69 Å². The van der Waals surface area contributed by atoms with Crippen molar-refractivity contribution in [3.05, 3.63) is 63.6 Å². The van der Waals surface area contributed by atoms with Gasteiger partial charge in [-0.1, -0.05) is 0 Å². The summed E-state index contributed by atoms with van der Waals surface area (Å²) in [6.45, 7) is 2.03. The highest BCUT2D eigenvalue weighted by Gasteiger charge is 2.08. The molecular formula is C16H14IN3O. The van der Waals surface area contributed by atoms with E-state index in [1.807, 2.05) is 60.1 Å². The Morgan fingerprint density at radius 3 is 2.81 bits per heavy atom. The summed E-state index contributed by atoms with van der Waals surface area (Å²) in [6.07, 6.45) is 4.12. The minimum atomic E-state index is -0.0589. The first-order valence-electron chi connectivity index (χ1n) is 6.60. The van der Waals surface area contributed by atoms with Crippen molar-refractivity contribution in [3.8, 4) is 0 Å². The van der Waals surface area contributed by atoms with Crippen molar-refractivity contribution in [1.82, 2.24) is 9.38 Å². The Labute approximate surface area is 136 Å². The zero-order valence-electron chi connectivity index (χ0n) is 11.5. The monoisotopic (exact) mass is 391 g/mol. The summed E-state index contributed by atoms with van der Waals surface area (Å²) in [6, 6.07) is 11.7. The van der Waals surface area contributed by atoms with Gasteiger partial charge in [0.05, 0.1) is 12.1 Å². The number of benzene rings is 1. The van der Waals surface area contributed by atoms with Crippen molar-refractivity contribution in [2.75, 3.05) is 5.32 Å². The van der Waals surface area contributed by atoms with E-state index in [-0.39, 0.29) is 12.3 Å². The van der Waals surface area contributed by atoms with Crippen LogP contribution in [-0.2, 0) is 11.2 Å². The molecule has 0 bridgehead atoms. The van der Waals surface area contributed by atoms with Crippen LogP contribution in [0, 0.1) is 10.5 Å². The highest BCUT2D eigenvalue weighted by molar-refractivity contribution is 14.1. The molecule has 0 aliphatic heterocycles. The number of carbonyl (C=O) groups is 1. The lowest BCUT2D eigenvalue weighted by Gasteiger charge is -2.03. The number of anilines is 1. The van der Waals surface area contributed by atoms with Gasteiger partial charge < -0.3 is 9.72 Å². The van der Waals surface area contributed by atoms with Gasteiger partial charge in [0.15, 0.2) is 0 Å². The quantitative estimate of drug-likeness (QED) is 0.696. The second kappa shape index (κ2) is 5.85. The Bertz CT molecular complexity index is 793. The lowest BCUT2D eigenvalue weighted by atomic mass is 10.3. The molecule has 2 heterocycles. The number of imidazole rings is 1. The summed E-state index contributed by atoms with van der Waals surface area (Å²) in [4.78, 5) is 16.5. The molecule has 0 fully saturated rings. The smallest absolute Gasteiger partial charge is 0.230 e. The molecular weight excluding hydrogens is 377 g/mol. The molecule has 0 spiro atoms. The molecule has 0 aliphatic rings. The molecule has 0 saturated heterocycles. The largest absolute Gasteiger partial charge is 0.326 e. The second-order valence-corrected chi connectivity index (χ2v) is 6.18. The number of nitrogens with zero attached hydrogens (tertiary/aromatic N) is 2. The summed E-state index contributed by atoms with van der Waals surface area (Å²) < 4.78 is 3.07. The number of rotatable bonds is 3. The molecule has 106 valence electrons. The highest BCUT2D eigenvalue weighted by atomic mass is 127. The Morgan fingerprint density at radius 1 is 1.29 bits per heavy atom. The maximum absolute atomic E-state index is 12.0. The molecule has 21 heavy (non-hydrogen) atoms. The summed E-state index contributed by atoms with van der Waals surface area (Å²) in [5.74, 6) is -0.0589. The maximum atomic E-state index is 12.0. The average molecular weight is 391 g/mol. The molecule has 1 N–H and O–H groups in total. The number of hydrogen-bond acceptors (Lipinski definition) is 2. The summed E-state index contributed by atoms with van der Waals surface area (Å²) in [5, 5.41) is 2.88. The molecule has 0 atom stereocenters. The normalized spacial score (nSPS) is 10.8. The van der Waals surface area contributed by atoms with E-state index in [1.165, 1.54) is 0 Å². The van der Waals surface area contributed by atoms with Crippen molar-refractivity contribution in [1.29, 1.82) is 0 Å². The van der Waals surface area contributed by atoms with Crippen LogP contribution in [0.5, 0.6) is 0 Å². The summed E-state index contributed by atoms with van der Waals surface area (Å²) >= 11 is 2.23. The van der Waals surface area contributed by atoms with Gasteiger partial charge in [0.1, 0.15) is 5.65 Å². The average Bonchev–Trinajstić information content (AvgIpc) is 2.82. The fourth-order valence-corrected chi connectivity index (χ4v) is 2.48. The summed E-state index contributed by atoms with van der Waals surface area (Å²) in [7, 11) is 0. The Balaban J connectivity index is 1.72. The van der Waals surface area contributed by atoms with Gasteiger partial charge in [-0.05, 0) is 71.5 Å². The van der Waals surface area contributed by atoms with Crippen molar-refractivity contribution >= 4 is 39.8 Å². The van der Waals surface area contributed by atoms with Crippen LogP contribution in [0.25, 0.3) is 5.65 Å². The van der Waals surface area contributed by atoms with Gasteiger partial charge in [0.2, 0.25) is 5.91 Å². The first-order chi connectivity index (χ1) is 10.1. The first-order valence-corrected chi connectivity index (χ1v) is 7.68. The van der Waals surface area contributed by atoms with Crippen LogP contribution in [0.1, 0.15) is 11.3 Å². The standard InChI is InChI=1S/C16H14IN3O/c1-11-6-7-20-10-14(18-15(20)8-11)9-16(21)19-13-4-2-12(17)3-5-13/h2-8,10H,9H2,1H3,(H,19,21). The number of carbonyl (C=O) groups excluding carboxylic acids is 1. The number of fused-ring (bicyclic) bond motifs is 1. The van der Waals surface area contributed by atoms with Crippen LogP contribution in [-0.4, -0.2) is 15.3 Å². The van der Waals surface area contributed by atoms with E-state index in [9.17, 15) is 4.79 Å². The van der Waals surface area contributed by atoms with Crippen LogP contribution < -0.4 is 5.32 Å². The molecule has 4 nitrogen and oxygen atoms in total. The molecule has 1 amide bonds. The third-order valence-electron chi connectivity index (χ3n) is 3.14. The Hall–Kier alpha value is -1.89. The van der Waals surface area contributed by atoms with Gasteiger partial charge in [-0.15, -0.1) is 0 Å². The van der Waals surface area contributed by atoms with E-state index in [2.05, 4.69) is 32.9 Å². The van der Waals surface area contributed by atoms with Gasteiger partial charge in [-0.2, -0.15) is 0 Å². The number of nitrogens with one attached hydrogen (secondary N) is 1. The number of aromatic nitrogens is 2. The summed E-state index contributed by atoms with van der Waals surface area (Å²) in [5.41, 5.74) is 3.60. The predicted octanol–water partition coefficient (Wildman–Crippen LogP) is 3.43. The molecule has 2 aromatic heterocycles. The first kappa shape index (κ1) is 14.1. The molecule has 3 aromatic rings. The third-order valence-corrected chi connectivity index (χ3v) is 3.85. The minimum Gasteiger partial charge on any atom is -0.326 e. The second-order valence-electron chi connectivity index (χ2n) is 4.93. The van der Waals surface area contributed by atoms with Crippen LogP contribution in [0.15, 0.2) is 48.8 Å². The number of pyridine rings is 1. The Morgan fingerprint density at radius 2 is 2.05 bits per heavy atom. The van der Waals surface area contributed by atoms with E-state index < -0.39 is 0 Å². The topological polar surface area (TPSA) is 46.4 Å². The fraction of sp³-hybridized carbons (Fsp3) is 0.125. The highest BCUT2D eigenvalue weighted by Crippen LogP contribution is 2.12. The number of halogens is 1. The van der Waals surface area contributed by atoms with Crippen molar-refractivity contribution < 1.29 is 4.79 Å². The number of aryl methyl sites for hydroxylation is 1. The molecule has 0 unspecified atom stereocenters. The van der Waals surface area contributed by atoms with Gasteiger partial charge >= 0.3 is 0 Å². The fourth-order valence-electron chi connectivity index (χ4n) is 2.12. The van der Waals surface area contributed by atoms with Gasteiger partial charge in [-0.25, -0.2) is 4.98 Å². The van der Waals surface area contributed by atoms with Crippen molar-refractivity contribution in [2.45, 2.75) is 13.3 Å². The van der Waals surface area contributed by atoms with Gasteiger partial charge in [0, 0.05) is 21.7 Å². The molecule has 0 radical (unpaired) electrons. The maximum Gasteiger partial charge on any atom is 0.230 e. The zero-order chi connectivity index (χ0) is 14.8. The van der Waals surface area contributed by atoms with E-state index in [1.54, 1.807) is 0 Å². The lowest BCUT2D eigenvalue weighted by Crippen LogP contribution is -2.14. The van der Waals surface area contributed by atoms with E-state index >= 15 is 0 Å². The number of amides is 1. The Kier molecular flexibility index (Phi) is 3.92. The zero-order valence-corrected chi connectivity index (χ0v) is 13.7. The molecule has 1 aromatic carbocycles. The van der Waals surface area contributed by atoms with Crippen molar-refractivity contribution in [2.24, 2.45) is 0 Å². The van der Waals surface area contributed by atoms with E-state index in [0.717, 1.165) is 26.2 Å². The van der Waals surface area contributed by atoms with Gasteiger partial charge in [0.25, 0.3) is 0 Å². The van der Waals surface area contributed by atoms with Crippen LogP contribution >= 0.6 is 22.6 Å². The molecule has 0 saturated carbocycles. The van der Waals surface area contributed by atoms with E-state index in [0.29, 0.717) is 0 Å². The SMILES string of the molecule is Cc1ccn2cc(CC(=O)Nc3ccc(I)cc3)nc2c1. The molecule has 3 rings (SSSR count). The van der Waals surface area contributed by atoms with Crippen molar-refractivity contribution in [3.63, 3.8) is 0 Å². The van der Waals surface area contributed by atoms with Gasteiger partial charge in [-0.3, -0.25) is 4.79 Å². The predicted molar refractivity (Wildman–Crippen MR) is 91.4 cm³/mol. The van der Waals surface area contributed by atoms with E-state index in [4.69, 9.17) is 0 Å². The third kappa shape index (κ3) is 3.41. The molecule has 0 aliphatic carbocycles.